The summed E-state index contributed by atoms with van der Waals surface area (Å²) >= 11 is 3.12. The zero-order chi connectivity index (χ0) is 14.7. The summed E-state index contributed by atoms with van der Waals surface area (Å²) in [6.07, 6.45) is 2.74. The van der Waals surface area contributed by atoms with Crippen molar-refractivity contribution in [3.63, 3.8) is 0 Å². The van der Waals surface area contributed by atoms with Gasteiger partial charge in [-0.15, -0.1) is 10.2 Å². The number of aryl methyl sites for hydroxylation is 1. The third-order valence-electron chi connectivity index (χ3n) is 2.61. The molecule has 1 unspecified atom stereocenters. The van der Waals surface area contributed by atoms with Gasteiger partial charge in [0.05, 0.1) is 0 Å². The van der Waals surface area contributed by atoms with Crippen molar-refractivity contribution in [3.8, 4) is 0 Å². The largest absolute Gasteiger partial charge is 0.353 e. The Morgan fingerprint density at radius 3 is 2.70 bits per heavy atom. The van der Waals surface area contributed by atoms with Gasteiger partial charge in [-0.05, 0) is 43.2 Å². The van der Waals surface area contributed by atoms with E-state index in [2.05, 4.69) is 28.2 Å². The van der Waals surface area contributed by atoms with Gasteiger partial charge in [0.2, 0.25) is 5.13 Å². The second-order valence-electron chi connectivity index (χ2n) is 4.99. The number of aromatic nitrogens is 3. The highest BCUT2D eigenvalue weighted by atomic mass is 32.2. The molecule has 0 radical (unpaired) electrons. The van der Waals surface area contributed by atoms with Gasteiger partial charge in [-0.3, -0.25) is 0 Å². The normalized spacial score (nSPS) is 12.4. The first-order chi connectivity index (χ1) is 9.45. The summed E-state index contributed by atoms with van der Waals surface area (Å²) in [6, 6.07) is 2.30. The minimum absolute atomic E-state index is 0.153. The van der Waals surface area contributed by atoms with Crippen molar-refractivity contribution in [2.75, 3.05) is 19.0 Å². The maximum Gasteiger partial charge on any atom is 0.208 e. The Morgan fingerprint density at radius 1 is 1.40 bits per heavy atom. The molecule has 20 heavy (non-hydrogen) atoms. The summed E-state index contributed by atoms with van der Waals surface area (Å²) in [5.41, 5.74) is 8.14. The van der Waals surface area contributed by atoms with E-state index in [0.29, 0.717) is 0 Å². The van der Waals surface area contributed by atoms with Crippen molar-refractivity contribution in [1.82, 2.24) is 15.2 Å². The lowest BCUT2D eigenvalue weighted by Gasteiger charge is -2.08. The first-order valence-corrected chi connectivity index (χ1v) is 7.99. The van der Waals surface area contributed by atoms with Gasteiger partial charge in [0.1, 0.15) is 5.03 Å². The van der Waals surface area contributed by atoms with Gasteiger partial charge in [-0.25, -0.2) is 4.98 Å². The molecule has 0 aromatic carbocycles. The monoisotopic (exact) mass is 309 g/mol. The van der Waals surface area contributed by atoms with E-state index in [9.17, 15) is 0 Å². The number of pyridine rings is 1. The smallest absolute Gasteiger partial charge is 0.208 e. The molecule has 0 saturated carbocycles. The van der Waals surface area contributed by atoms with Gasteiger partial charge in [0.25, 0.3) is 0 Å². The van der Waals surface area contributed by atoms with E-state index in [1.54, 1.807) is 23.1 Å². The fourth-order valence-electron chi connectivity index (χ4n) is 1.72. The van der Waals surface area contributed by atoms with Crippen molar-refractivity contribution in [3.05, 3.63) is 23.4 Å². The average molecular weight is 309 g/mol. The molecular formula is C13H19N5S2. The molecule has 2 N–H and O–H groups in total. The quantitative estimate of drug-likeness (QED) is 0.914. The standard InChI is InChI=1S/C13H19N5S2/c1-8-5-10(6-9(2)14)7-15-11(8)19-13-17-16-12(20-13)18(3)4/h5,7,9H,6,14H2,1-4H3. The molecule has 2 aromatic rings. The molecule has 0 bridgehead atoms. The number of hydrogen-bond acceptors (Lipinski definition) is 7. The van der Waals surface area contributed by atoms with Crippen molar-refractivity contribution in [2.45, 2.75) is 35.7 Å². The van der Waals surface area contributed by atoms with Gasteiger partial charge in [-0.2, -0.15) is 0 Å². The molecule has 2 rings (SSSR count). The maximum atomic E-state index is 5.81. The number of anilines is 1. The molecule has 2 aromatic heterocycles. The molecule has 0 aliphatic rings. The van der Waals surface area contributed by atoms with Crippen LogP contribution in [0.4, 0.5) is 5.13 Å². The van der Waals surface area contributed by atoms with Crippen molar-refractivity contribution < 1.29 is 0 Å². The SMILES string of the molecule is Cc1cc(CC(C)N)cnc1Sc1nnc(N(C)C)s1. The van der Waals surface area contributed by atoms with Crippen LogP contribution in [-0.2, 0) is 6.42 Å². The van der Waals surface area contributed by atoms with Gasteiger partial charge >= 0.3 is 0 Å². The second kappa shape index (κ2) is 6.51. The molecule has 1 atom stereocenters. The molecule has 7 heteroatoms. The van der Waals surface area contributed by atoms with Gasteiger partial charge in [-0.1, -0.05) is 17.4 Å². The number of nitrogens with two attached hydrogens (primary N) is 1. The highest BCUT2D eigenvalue weighted by Crippen LogP contribution is 2.33. The van der Waals surface area contributed by atoms with Crippen LogP contribution >= 0.6 is 23.1 Å². The lowest BCUT2D eigenvalue weighted by atomic mass is 10.1. The number of hydrogen-bond donors (Lipinski definition) is 1. The fourth-order valence-corrected chi connectivity index (χ4v) is 3.42. The summed E-state index contributed by atoms with van der Waals surface area (Å²) in [6.45, 7) is 4.07. The molecule has 5 nitrogen and oxygen atoms in total. The van der Waals surface area contributed by atoms with E-state index in [1.165, 1.54) is 5.56 Å². The van der Waals surface area contributed by atoms with Crippen LogP contribution in [0.25, 0.3) is 0 Å². The number of nitrogens with zero attached hydrogens (tertiary/aromatic N) is 4. The van der Waals surface area contributed by atoms with Crippen molar-refractivity contribution in [2.24, 2.45) is 5.73 Å². The van der Waals surface area contributed by atoms with E-state index in [0.717, 1.165) is 26.5 Å². The van der Waals surface area contributed by atoms with Crippen molar-refractivity contribution in [1.29, 1.82) is 0 Å². The third-order valence-corrected chi connectivity index (χ3v) is 4.87. The van der Waals surface area contributed by atoms with Gasteiger partial charge in [0.15, 0.2) is 4.34 Å². The van der Waals surface area contributed by atoms with E-state index < -0.39 is 0 Å². The van der Waals surface area contributed by atoms with Crippen LogP contribution in [0.3, 0.4) is 0 Å². The number of rotatable bonds is 5. The molecule has 2 heterocycles. The lowest BCUT2D eigenvalue weighted by Crippen LogP contribution is -2.17. The van der Waals surface area contributed by atoms with E-state index in [-0.39, 0.29) is 6.04 Å². The Kier molecular flexibility index (Phi) is 4.95. The van der Waals surface area contributed by atoms with Crippen LogP contribution in [0, 0.1) is 6.92 Å². The summed E-state index contributed by atoms with van der Waals surface area (Å²) < 4.78 is 0.907. The Balaban J connectivity index is 2.12. The average Bonchev–Trinajstić information content (AvgIpc) is 2.80. The van der Waals surface area contributed by atoms with Crippen LogP contribution in [0.5, 0.6) is 0 Å². The minimum atomic E-state index is 0.153. The lowest BCUT2D eigenvalue weighted by molar-refractivity contribution is 0.733. The molecule has 0 fully saturated rings. The molecule has 108 valence electrons. The van der Waals surface area contributed by atoms with Gasteiger partial charge in [0, 0.05) is 26.3 Å². The predicted octanol–water partition coefficient (Wildman–Crippen LogP) is 2.35. The molecule has 0 aliphatic carbocycles. The van der Waals surface area contributed by atoms with E-state index in [4.69, 9.17) is 5.73 Å². The molecule has 0 amide bonds. The first-order valence-electron chi connectivity index (χ1n) is 6.35. The zero-order valence-electron chi connectivity index (χ0n) is 12.1. The summed E-state index contributed by atoms with van der Waals surface area (Å²) in [5, 5.41) is 10.2. The topological polar surface area (TPSA) is 67.9 Å². The third kappa shape index (κ3) is 3.91. The Morgan fingerprint density at radius 2 is 2.15 bits per heavy atom. The van der Waals surface area contributed by atoms with Crippen LogP contribution in [0.1, 0.15) is 18.1 Å². The fraction of sp³-hybridized carbons (Fsp3) is 0.462. The molecule has 0 saturated heterocycles. The van der Waals surface area contributed by atoms with Crippen LogP contribution < -0.4 is 10.6 Å². The summed E-state index contributed by atoms with van der Waals surface area (Å²) in [7, 11) is 3.92. The predicted molar refractivity (Wildman–Crippen MR) is 84.7 cm³/mol. The Labute approximate surface area is 127 Å². The minimum Gasteiger partial charge on any atom is -0.353 e. The Hall–Kier alpha value is -1.18. The zero-order valence-corrected chi connectivity index (χ0v) is 13.8. The Bertz CT molecular complexity index is 580. The molecular weight excluding hydrogens is 290 g/mol. The van der Waals surface area contributed by atoms with Crippen molar-refractivity contribution >= 4 is 28.2 Å². The molecule has 0 aliphatic heterocycles. The molecule has 0 spiro atoms. The maximum absolute atomic E-state index is 5.81. The van der Waals surface area contributed by atoms with Crippen LogP contribution in [0.2, 0.25) is 0 Å². The van der Waals surface area contributed by atoms with E-state index >= 15 is 0 Å². The van der Waals surface area contributed by atoms with Gasteiger partial charge < -0.3 is 10.6 Å². The summed E-state index contributed by atoms with van der Waals surface area (Å²) in [4.78, 5) is 6.47. The van der Waals surface area contributed by atoms with Crippen LogP contribution in [0.15, 0.2) is 21.6 Å². The summed E-state index contributed by atoms with van der Waals surface area (Å²) in [5.74, 6) is 0. The highest BCUT2D eigenvalue weighted by Gasteiger charge is 2.10. The van der Waals surface area contributed by atoms with E-state index in [1.807, 2.05) is 32.1 Å². The highest BCUT2D eigenvalue weighted by molar-refractivity contribution is 8.01. The second-order valence-corrected chi connectivity index (χ2v) is 7.19. The van der Waals surface area contributed by atoms with Crippen LogP contribution in [-0.4, -0.2) is 35.3 Å². The first kappa shape index (κ1) is 15.2.